The van der Waals surface area contributed by atoms with Gasteiger partial charge in [-0.1, -0.05) is 62.4 Å². The summed E-state index contributed by atoms with van der Waals surface area (Å²) in [6, 6.07) is 26.3. The van der Waals surface area contributed by atoms with Gasteiger partial charge < -0.3 is 48.8 Å². The van der Waals surface area contributed by atoms with E-state index in [2.05, 4.69) is 13.8 Å². The first-order valence-corrected chi connectivity index (χ1v) is 33.6. The quantitative estimate of drug-likeness (QED) is 0.0284. The van der Waals surface area contributed by atoms with Gasteiger partial charge in [-0.2, -0.15) is 0 Å². The van der Waals surface area contributed by atoms with E-state index in [1.807, 2.05) is 116 Å². The van der Waals surface area contributed by atoms with Gasteiger partial charge in [0.1, 0.15) is 34.5 Å². The van der Waals surface area contributed by atoms with Crippen molar-refractivity contribution in [2.24, 2.45) is 58.2 Å². The van der Waals surface area contributed by atoms with Crippen LogP contribution in [0, 0.1) is 114 Å². The molecule has 0 atom stereocenters. The number of hydrogen-bond donors (Lipinski definition) is 4. The van der Waals surface area contributed by atoms with E-state index in [-0.39, 0.29) is 33.8 Å². The molecule has 0 amide bonds. The molecule has 8 aliphatic carbocycles. The highest BCUT2D eigenvalue weighted by molar-refractivity contribution is 5.78. The second kappa shape index (κ2) is 26.1. The van der Waals surface area contributed by atoms with Crippen LogP contribution in [-0.4, -0.2) is 83.9 Å². The molecule has 0 aromatic heterocycles. The smallest absolute Gasteiger partial charge is 0.344 e. The molecule has 8 fully saturated rings. The Balaban J connectivity index is 0.850. The molecule has 0 aliphatic heterocycles. The van der Waals surface area contributed by atoms with Crippen molar-refractivity contribution in [3.8, 4) is 34.5 Å². The molecule has 8 aliphatic rings. The van der Waals surface area contributed by atoms with Crippen molar-refractivity contribution in [3.05, 3.63) is 174 Å². The number of carbonyl (C=O) groups excluding carboxylic acids is 4. The predicted molar refractivity (Wildman–Crippen MR) is 353 cm³/mol. The van der Waals surface area contributed by atoms with E-state index in [0.29, 0.717) is 88.2 Å². The zero-order valence-corrected chi connectivity index (χ0v) is 55.7. The molecule has 0 saturated heterocycles. The molecule has 8 saturated carbocycles. The summed E-state index contributed by atoms with van der Waals surface area (Å²) in [7, 11) is 0. The van der Waals surface area contributed by atoms with Crippen molar-refractivity contribution in [1.82, 2.24) is 0 Å². The minimum Gasteiger partial charge on any atom is -0.508 e. The van der Waals surface area contributed by atoms with E-state index in [1.165, 1.54) is 64.2 Å². The lowest BCUT2D eigenvalue weighted by Gasteiger charge is -2.59. The normalized spacial score (nSPS) is 24.7. The fourth-order valence-electron chi connectivity index (χ4n) is 18.1. The van der Waals surface area contributed by atoms with Gasteiger partial charge in [0.15, 0.2) is 26.4 Å². The summed E-state index contributed by atoms with van der Waals surface area (Å²) in [5.74, 6) is 2.71. The van der Waals surface area contributed by atoms with E-state index in [1.54, 1.807) is 24.3 Å². The van der Waals surface area contributed by atoms with Crippen molar-refractivity contribution < 1.29 is 68.0 Å². The summed E-state index contributed by atoms with van der Waals surface area (Å²) in [5.41, 5.74) is 12.1. The number of phenols is 4. The van der Waals surface area contributed by atoms with Crippen LogP contribution in [0.3, 0.4) is 0 Å². The minimum absolute atomic E-state index is 0.0806. The van der Waals surface area contributed by atoms with Crippen LogP contribution in [0.15, 0.2) is 84.9 Å². The van der Waals surface area contributed by atoms with Gasteiger partial charge in [0.2, 0.25) is 0 Å². The van der Waals surface area contributed by atoms with Crippen LogP contribution in [0.4, 0.5) is 0 Å². The predicted octanol–water partition coefficient (Wildman–Crippen LogP) is 14.8. The first-order valence-electron chi connectivity index (χ1n) is 33.6. The molecule has 492 valence electrons. The maximum atomic E-state index is 13.7. The summed E-state index contributed by atoms with van der Waals surface area (Å²) < 4.78 is 35.9. The molecule has 14 rings (SSSR count). The summed E-state index contributed by atoms with van der Waals surface area (Å²) in [6.45, 7) is 18.1. The molecular weight excluding hydrogens is 1170 g/mol. The summed E-state index contributed by atoms with van der Waals surface area (Å²) in [6.07, 6.45) is 12.5. The lowest BCUT2D eigenvalue weighted by molar-refractivity contribution is -0.172. The van der Waals surface area contributed by atoms with E-state index in [4.69, 9.17) is 28.4 Å². The maximum Gasteiger partial charge on any atom is 0.344 e. The molecule has 14 heteroatoms. The number of benzene rings is 6. The van der Waals surface area contributed by atoms with Crippen molar-refractivity contribution in [2.45, 2.75) is 152 Å². The molecule has 0 spiro atoms. The lowest BCUT2D eigenvalue weighted by atomic mass is 9.46. The van der Waals surface area contributed by atoms with Gasteiger partial charge in [-0.3, -0.25) is 0 Å². The first-order chi connectivity index (χ1) is 44.3. The zero-order valence-electron chi connectivity index (χ0n) is 55.7. The Morgan fingerprint density at radius 3 is 0.935 bits per heavy atom. The molecule has 0 heterocycles. The van der Waals surface area contributed by atoms with Gasteiger partial charge in [-0.25, -0.2) is 19.2 Å². The first kappa shape index (κ1) is 65.1. The third-order valence-electron chi connectivity index (χ3n) is 23.2. The standard InChI is InChI=1S/C79H92O14/c1-42-19-66(80)46(5)15-60(42)76(61-16-47(6)67(81)20-43(61)2)64-34-50(11-13-70(64)88-36-72(84)90-38-74(86)92-40-78(9)56-26-52-24-53(28-56)29-57(78)27-52)23-51-12-14-71(65(35-51)77(62-17-48(7)68(82)21-44(62)3)63-18-49(8)69(83)22-45(63)4)89-37-73(85)91-39-75(87)93-41-79(10)58-30-54-25-55(32-58)33-59(79)31-54/h11-22,34-35,52-59,76-77,80-83H,23-33,36-41H2,1-10H3. The van der Waals surface area contributed by atoms with E-state index < -0.39 is 62.1 Å². The topological polar surface area (TPSA) is 205 Å². The maximum absolute atomic E-state index is 13.7. The average molecular weight is 1270 g/mol. The number of aromatic hydroxyl groups is 4. The Morgan fingerprint density at radius 2 is 0.645 bits per heavy atom. The Labute approximate surface area is 547 Å². The van der Waals surface area contributed by atoms with Gasteiger partial charge in [0, 0.05) is 33.8 Å². The van der Waals surface area contributed by atoms with Crippen LogP contribution in [0.5, 0.6) is 34.5 Å². The number of phenolic OH excluding ortho intramolecular Hbond substituents is 4. The molecule has 6 aromatic carbocycles. The fourth-order valence-corrected chi connectivity index (χ4v) is 18.1. The van der Waals surface area contributed by atoms with Crippen LogP contribution in [0.25, 0.3) is 0 Å². The van der Waals surface area contributed by atoms with Gasteiger partial charge in [-0.05, 0) is 288 Å². The molecule has 0 radical (unpaired) electrons. The average Bonchev–Trinajstić information content (AvgIpc) is 0.743. The largest absolute Gasteiger partial charge is 0.508 e. The number of carbonyl (C=O) groups is 4. The van der Waals surface area contributed by atoms with Gasteiger partial charge >= 0.3 is 23.9 Å². The highest BCUT2D eigenvalue weighted by Crippen LogP contribution is 2.63. The summed E-state index contributed by atoms with van der Waals surface area (Å²) >= 11 is 0. The summed E-state index contributed by atoms with van der Waals surface area (Å²) in [5, 5.41) is 44.1. The van der Waals surface area contributed by atoms with Crippen LogP contribution in [0.1, 0.15) is 179 Å². The van der Waals surface area contributed by atoms with Crippen molar-refractivity contribution >= 4 is 23.9 Å². The number of esters is 4. The SMILES string of the molecule is Cc1cc(C(c2cc(C)c(O)cc2C)c2cc(Cc3ccc(OCC(=O)OCC(=O)OCC4(C)C5CC6CC(C5)CC4C6)c(C(c4cc(C)c(O)cc4C)c4cc(C)c(O)cc4C)c3)ccc2OCC(=O)OCC(=O)OCC2(C)C3CC4CC(C3)CC2C4)c(C)cc1O. The van der Waals surface area contributed by atoms with Gasteiger partial charge in [0.25, 0.3) is 0 Å². The van der Waals surface area contributed by atoms with Crippen LogP contribution >= 0.6 is 0 Å². The molecule has 4 N–H and O–H groups in total. The van der Waals surface area contributed by atoms with Crippen molar-refractivity contribution in [2.75, 3.05) is 39.6 Å². The number of hydrogen-bond acceptors (Lipinski definition) is 14. The molecular formula is C79H92O14. The third-order valence-corrected chi connectivity index (χ3v) is 23.2. The Morgan fingerprint density at radius 1 is 0.366 bits per heavy atom. The second-order valence-electron chi connectivity index (χ2n) is 29.6. The third kappa shape index (κ3) is 13.3. The van der Waals surface area contributed by atoms with Gasteiger partial charge in [-0.15, -0.1) is 0 Å². The molecule has 0 unspecified atom stereocenters. The highest BCUT2D eigenvalue weighted by atomic mass is 16.6. The van der Waals surface area contributed by atoms with Crippen LogP contribution < -0.4 is 9.47 Å². The highest BCUT2D eigenvalue weighted by Gasteiger charge is 2.56. The van der Waals surface area contributed by atoms with E-state index in [0.717, 1.165) is 79.3 Å². The number of ether oxygens (including phenoxy) is 6. The number of rotatable bonds is 22. The second-order valence-corrected chi connectivity index (χ2v) is 29.6. The molecule has 6 aromatic rings. The zero-order chi connectivity index (χ0) is 65.9. The van der Waals surface area contributed by atoms with Crippen molar-refractivity contribution in [1.29, 1.82) is 0 Å². The van der Waals surface area contributed by atoms with Gasteiger partial charge in [0.05, 0.1) is 13.2 Å². The minimum atomic E-state index is -0.747. The summed E-state index contributed by atoms with van der Waals surface area (Å²) in [4.78, 5) is 54.0. The molecule has 8 bridgehead atoms. The monoisotopic (exact) mass is 1260 g/mol. The lowest BCUT2D eigenvalue weighted by Crippen LogP contribution is -2.53. The Hall–Kier alpha value is -8.00. The van der Waals surface area contributed by atoms with E-state index >= 15 is 0 Å². The van der Waals surface area contributed by atoms with Crippen molar-refractivity contribution in [3.63, 3.8) is 0 Å². The van der Waals surface area contributed by atoms with Crippen LogP contribution in [-0.2, 0) is 44.5 Å². The van der Waals surface area contributed by atoms with E-state index in [9.17, 15) is 39.6 Å². The van der Waals surface area contributed by atoms with Crippen LogP contribution in [0.2, 0.25) is 0 Å². The molecule has 93 heavy (non-hydrogen) atoms. The Kier molecular flexibility index (Phi) is 18.2. The fraction of sp³-hybridized carbons (Fsp3) is 0.494. The molecule has 14 nitrogen and oxygen atoms in total. The number of aryl methyl sites for hydroxylation is 8. The Bertz CT molecular complexity index is 3470.